The minimum atomic E-state index is 0. The molecule has 0 bridgehead atoms. The van der Waals surface area contributed by atoms with Crippen LogP contribution < -0.4 is 6.15 Å². The maximum atomic E-state index is 5.42. The SMILES string of the molecule is C#CCCCCCCCCCCCCCCOCC[CH2].N. The predicted molar refractivity (Wildman–Crippen MR) is 94.7 cm³/mol. The standard InChI is InChI=1S/C19H35O.H3N/c1-3-5-6-7-8-9-10-11-12-13-14-15-16-17-19-20-18-4-2;/h1H,2,4-19H2;1H3. The number of hydrogen-bond acceptors (Lipinski definition) is 2. The maximum Gasteiger partial charge on any atom is 0.0466 e. The van der Waals surface area contributed by atoms with E-state index in [0.717, 1.165) is 26.1 Å². The molecule has 0 unspecified atom stereocenters. The van der Waals surface area contributed by atoms with Crippen LogP contribution in [0.2, 0.25) is 0 Å². The van der Waals surface area contributed by atoms with E-state index in [2.05, 4.69) is 12.8 Å². The Balaban J connectivity index is 0. The van der Waals surface area contributed by atoms with Gasteiger partial charge in [-0.25, -0.2) is 0 Å². The van der Waals surface area contributed by atoms with Crippen molar-refractivity contribution >= 4 is 0 Å². The van der Waals surface area contributed by atoms with Crippen LogP contribution in [0.3, 0.4) is 0 Å². The molecular formula is C19H38NO. The second kappa shape index (κ2) is 21.8. The van der Waals surface area contributed by atoms with Crippen molar-refractivity contribution in [2.45, 2.75) is 89.9 Å². The van der Waals surface area contributed by atoms with Crippen molar-refractivity contribution in [1.82, 2.24) is 6.15 Å². The fourth-order valence-electron chi connectivity index (χ4n) is 2.40. The molecular weight excluding hydrogens is 258 g/mol. The molecule has 0 amide bonds. The fraction of sp³-hybridized carbons (Fsp3) is 0.842. The molecule has 0 fully saturated rings. The molecule has 21 heavy (non-hydrogen) atoms. The molecule has 0 rings (SSSR count). The molecule has 2 heteroatoms. The van der Waals surface area contributed by atoms with E-state index < -0.39 is 0 Å². The zero-order valence-corrected chi connectivity index (χ0v) is 14.2. The second-order valence-corrected chi connectivity index (χ2v) is 5.66. The van der Waals surface area contributed by atoms with Gasteiger partial charge < -0.3 is 10.9 Å². The Morgan fingerprint density at radius 3 is 1.52 bits per heavy atom. The fourth-order valence-corrected chi connectivity index (χ4v) is 2.40. The summed E-state index contributed by atoms with van der Waals surface area (Å²) < 4.78 is 5.42. The summed E-state index contributed by atoms with van der Waals surface area (Å²) in [5, 5.41) is 0. The van der Waals surface area contributed by atoms with Gasteiger partial charge in [0, 0.05) is 19.6 Å². The molecule has 0 aliphatic rings. The largest absolute Gasteiger partial charge is 0.381 e. The highest BCUT2D eigenvalue weighted by Crippen LogP contribution is 2.12. The van der Waals surface area contributed by atoms with Gasteiger partial charge in [-0.05, 0) is 19.3 Å². The Morgan fingerprint density at radius 2 is 1.10 bits per heavy atom. The number of unbranched alkanes of at least 4 members (excludes halogenated alkanes) is 12. The van der Waals surface area contributed by atoms with Crippen LogP contribution in [0.5, 0.6) is 0 Å². The number of ether oxygens (including phenoxy) is 1. The Morgan fingerprint density at radius 1 is 0.667 bits per heavy atom. The molecule has 1 radical (unpaired) electrons. The monoisotopic (exact) mass is 296 g/mol. The lowest BCUT2D eigenvalue weighted by atomic mass is 10.0. The van der Waals surface area contributed by atoms with Gasteiger partial charge in [-0.1, -0.05) is 71.1 Å². The van der Waals surface area contributed by atoms with Crippen molar-refractivity contribution in [3.05, 3.63) is 6.92 Å². The summed E-state index contributed by atoms with van der Waals surface area (Å²) >= 11 is 0. The van der Waals surface area contributed by atoms with E-state index in [1.165, 1.54) is 77.0 Å². The molecule has 0 aromatic carbocycles. The third kappa shape index (κ3) is 21.9. The molecule has 0 heterocycles. The molecule has 125 valence electrons. The molecule has 0 saturated heterocycles. The molecule has 0 aliphatic carbocycles. The van der Waals surface area contributed by atoms with Gasteiger partial charge >= 0.3 is 0 Å². The van der Waals surface area contributed by atoms with Gasteiger partial charge in [0.15, 0.2) is 0 Å². The Bertz CT molecular complexity index is 210. The van der Waals surface area contributed by atoms with E-state index in [4.69, 9.17) is 11.2 Å². The third-order valence-electron chi connectivity index (χ3n) is 3.65. The molecule has 0 saturated carbocycles. The second-order valence-electron chi connectivity index (χ2n) is 5.66. The first-order valence-corrected chi connectivity index (χ1v) is 8.72. The molecule has 0 spiro atoms. The highest BCUT2D eigenvalue weighted by Gasteiger charge is 1.94. The lowest BCUT2D eigenvalue weighted by Gasteiger charge is -2.03. The van der Waals surface area contributed by atoms with Crippen molar-refractivity contribution < 1.29 is 4.74 Å². The smallest absolute Gasteiger partial charge is 0.0466 e. The molecule has 0 aromatic heterocycles. The minimum absolute atomic E-state index is 0. The van der Waals surface area contributed by atoms with Crippen LogP contribution in [0.15, 0.2) is 0 Å². The quantitative estimate of drug-likeness (QED) is 0.276. The van der Waals surface area contributed by atoms with Gasteiger partial charge in [0.05, 0.1) is 0 Å². The Labute approximate surface area is 134 Å². The topological polar surface area (TPSA) is 44.2 Å². The van der Waals surface area contributed by atoms with Crippen molar-refractivity contribution in [3.63, 3.8) is 0 Å². The van der Waals surface area contributed by atoms with Crippen LogP contribution in [-0.2, 0) is 4.74 Å². The van der Waals surface area contributed by atoms with Crippen molar-refractivity contribution in [2.75, 3.05) is 13.2 Å². The molecule has 0 atom stereocenters. The molecule has 3 N–H and O–H groups in total. The summed E-state index contributed by atoms with van der Waals surface area (Å²) in [7, 11) is 0. The molecule has 0 aliphatic heterocycles. The average molecular weight is 297 g/mol. The van der Waals surface area contributed by atoms with Gasteiger partial charge in [-0.15, -0.1) is 12.3 Å². The summed E-state index contributed by atoms with van der Waals surface area (Å²) in [5.41, 5.74) is 0. The summed E-state index contributed by atoms with van der Waals surface area (Å²) in [6, 6.07) is 0. The van der Waals surface area contributed by atoms with Crippen molar-refractivity contribution in [2.24, 2.45) is 0 Å². The van der Waals surface area contributed by atoms with Crippen LogP contribution in [0.4, 0.5) is 0 Å². The molecule has 2 nitrogen and oxygen atoms in total. The van der Waals surface area contributed by atoms with Gasteiger partial charge in [-0.2, -0.15) is 0 Å². The zero-order valence-electron chi connectivity index (χ0n) is 14.2. The number of rotatable bonds is 16. The van der Waals surface area contributed by atoms with Gasteiger partial charge in [0.1, 0.15) is 0 Å². The van der Waals surface area contributed by atoms with Crippen molar-refractivity contribution in [1.29, 1.82) is 0 Å². The van der Waals surface area contributed by atoms with Crippen LogP contribution in [0, 0.1) is 19.3 Å². The summed E-state index contributed by atoms with van der Waals surface area (Å²) in [4.78, 5) is 0. The van der Waals surface area contributed by atoms with Gasteiger partial charge in [0.2, 0.25) is 0 Å². The van der Waals surface area contributed by atoms with Crippen LogP contribution in [0.25, 0.3) is 0 Å². The average Bonchev–Trinajstić information content (AvgIpc) is 2.47. The van der Waals surface area contributed by atoms with Gasteiger partial charge in [0.25, 0.3) is 0 Å². The van der Waals surface area contributed by atoms with Gasteiger partial charge in [-0.3, -0.25) is 0 Å². The number of terminal acetylenes is 1. The van der Waals surface area contributed by atoms with Crippen LogP contribution in [0.1, 0.15) is 89.9 Å². The lowest BCUT2D eigenvalue weighted by Crippen LogP contribution is -1.95. The Hall–Kier alpha value is -0.520. The first-order chi connectivity index (χ1) is 9.91. The summed E-state index contributed by atoms with van der Waals surface area (Å²) in [5.74, 6) is 2.71. The highest BCUT2D eigenvalue weighted by atomic mass is 16.5. The van der Waals surface area contributed by atoms with E-state index >= 15 is 0 Å². The first kappa shape index (κ1) is 22.8. The van der Waals surface area contributed by atoms with Crippen LogP contribution >= 0.6 is 0 Å². The molecule has 0 aromatic rings. The van der Waals surface area contributed by atoms with Crippen molar-refractivity contribution in [3.8, 4) is 12.3 Å². The minimum Gasteiger partial charge on any atom is -0.381 e. The summed E-state index contributed by atoms with van der Waals surface area (Å²) in [6.07, 6.45) is 23.4. The maximum absolute atomic E-state index is 5.42. The lowest BCUT2D eigenvalue weighted by molar-refractivity contribution is 0.134. The number of hydrogen-bond donors (Lipinski definition) is 1. The van der Waals surface area contributed by atoms with Crippen LogP contribution in [-0.4, -0.2) is 13.2 Å². The zero-order chi connectivity index (χ0) is 14.7. The van der Waals surface area contributed by atoms with E-state index in [1.54, 1.807) is 0 Å². The van der Waals surface area contributed by atoms with E-state index in [-0.39, 0.29) is 6.15 Å². The Kier molecular flexibility index (Phi) is 23.6. The predicted octanol–water partition coefficient (Wildman–Crippen LogP) is 6.09. The van der Waals surface area contributed by atoms with E-state index in [9.17, 15) is 0 Å². The normalized spacial score (nSPS) is 10.1. The third-order valence-corrected chi connectivity index (χ3v) is 3.65. The first-order valence-electron chi connectivity index (χ1n) is 8.72. The highest BCUT2D eigenvalue weighted by molar-refractivity contribution is 4.82. The van der Waals surface area contributed by atoms with E-state index in [1.807, 2.05) is 0 Å². The summed E-state index contributed by atoms with van der Waals surface area (Å²) in [6.45, 7) is 5.51. The van der Waals surface area contributed by atoms with E-state index in [0.29, 0.717) is 0 Å².